The minimum Gasteiger partial charge on any atom is -0.330 e. The Hall–Kier alpha value is -1.75. The lowest BCUT2D eigenvalue weighted by molar-refractivity contribution is 0.785. The van der Waals surface area contributed by atoms with Crippen LogP contribution in [0, 0.1) is 0 Å². The van der Waals surface area contributed by atoms with Crippen molar-refractivity contribution in [2.24, 2.45) is 5.73 Å². The van der Waals surface area contributed by atoms with Crippen LogP contribution in [0.4, 0.5) is 0 Å². The number of aromatic nitrogens is 4. The van der Waals surface area contributed by atoms with Gasteiger partial charge in [-0.1, -0.05) is 6.07 Å². The molecule has 0 atom stereocenters. The van der Waals surface area contributed by atoms with Crippen LogP contribution in [-0.4, -0.2) is 26.7 Å². The number of aryl methyl sites for hydroxylation is 1. The lowest BCUT2D eigenvalue weighted by atomic mass is 10.2. The summed E-state index contributed by atoms with van der Waals surface area (Å²) in [4.78, 5) is 8.45. The number of hydrogen-bond donors (Lipinski definition) is 2. The third-order valence-electron chi connectivity index (χ3n) is 2.28. The van der Waals surface area contributed by atoms with Crippen molar-refractivity contribution in [1.82, 2.24) is 20.2 Å². The lowest BCUT2D eigenvalue weighted by Crippen LogP contribution is -2.01. The first-order valence-electron chi connectivity index (χ1n) is 5.37. The lowest BCUT2D eigenvalue weighted by Gasteiger charge is -1.95. The molecule has 0 saturated carbocycles. The molecule has 0 aliphatic carbocycles. The van der Waals surface area contributed by atoms with Gasteiger partial charge in [-0.15, -0.1) is 0 Å². The van der Waals surface area contributed by atoms with E-state index < -0.39 is 0 Å². The highest BCUT2D eigenvalue weighted by atomic mass is 15.2. The number of nitrogens with zero attached hydrogens (tertiary/aromatic N) is 3. The van der Waals surface area contributed by atoms with Crippen molar-refractivity contribution >= 4 is 0 Å². The molecule has 5 heteroatoms. The van der Waals surface area contributed by atoms with E-state index in [9.17, 15) is 0 Å². The predicted octanol–water partition coefficient (Wildman–Crippen LogP) is 0.682. The minimum atomic E-state index is 0.673. The average Bonchev–Trinajstić information content (AvgIpc) is 2.75. The van der Waals surface area contributed by atoms with Gasteiger partial charge in [0.2, 0.25) is 0 Å². The maximum Gasteiger partial charge on any atom is 0.150 e. The van der Waals surface area contributed by atoms with E-state index in [1.807, 2.05) is 18.3 Å². The zero-order valence-electron chi connectivity index (χ0n) is 9.06. The zero-order chi connectivity index (χ0) is 11.2. The first kappa shape index (κ1) is 10.8. The monoisotopic (exact) mass is 217 g/mol. The highest BCUT2D eigenvalue weighted by molar-refractivity contribution is 5.13. The van der Waals surface area contributed by atoms with E-state index >= 15 is 0 Å². The van der Waals surface area contributed by atoms with Crippen molar-refractivity contribution in [3.63, 3.8) is 0 Å². The Morgan fingerprint density at radius 3 is 3.06 bits per heavy atom. The Morgan fingerprint density at radius 2 is 2.31 bits per heavy atom. The van der Waals surface area contributed by atoms with Gasteiger partial charge < -0.3 is 5.73 Å². The molecule has 2 heterocycles. The number of hydrogen-bond acceptors (Lipinski definition) is 4. The van der Waals surface area contributed by atoms with E-state index in [0.717, 1.165) is 36.5 Å². The largest absolute Gasteiger partial charge is 0.330 e. The normalized spacial score (nSPS) is 10.6. The van der Waals surface area contributed by atoms with Gasteiger partial charge >= 0.3 is 0 Å². The number of H-pyrrole nitrogens is 1. The average molecular weight is 217 g/mol. The quantitative estimate of drug-likeness (QED) is 0.771. The fraction of sp³-hybridized carbons (Fsp3) is 0.364. The van der Waals surface area contributed by atoms with Crippen LogP contribution in [0.2, 0.25) is 0 Å². The van der Waals surface area contributed by atoms with Crippen LogP contribution in [0.15, 0.2) is 24.5 Å². The summed E-state index contributed by atoms with van der Waals surface area (Å²) in [6.07, 6.45) is 6.09. The number of nitrogens with two attached hydrogens (primary N) is 1. The van der Waals surface area contributed by atoms with E-state index in [-0.39, 0.29) is 0 Å². The van der Waals surface area contributed by atoms with Gasteiger partial charge in [0.1, 0.15) is 5.82 Å². The molecule has 16 heavy (non-hydrogen) atoms. The summed E-state index contributed by atoms with van der Waals surface area (Å²) in [5.74, 6) is 1.71. The van der Waals surface area contributed by atoms with E-state index in [4.69, 9.17) is 5.73 Å². The highest BCUT2D eigenvalue weighted by Gasteiger charge is 2.03. The van der Waals surface area contributed by atoms with Crippen LogP contribution in [0.25, 0.3) is 0 Å². The van der Waals surface area contributed by atoms with Gasteiger partial charge in [0.15, 0.2) is 5.82 Å². The van der Waals surface area contributed by atoms with E-state index in [0.29, 0.717) is 6.54 Å². The summed E-state index contributed by atoms with van der Waals surface area (Å²) < 4.78 is 0. The summed E-state index contributed by atoms with van der Waals surface area (Å²) >= 11 is 0. The fourth-order valence-electron chi connectivity index (χ4n) is 1.48. The molecule has 84 valence electrons. The van der Waals surface area contributed by atoms with Gasteiger partial charge in [-0.3, -0.25) is 10.1 Å². The molecule has 0 fully saturated rings. The van der Waals surface area contributed by atoms with Crippen LogP contribution in [0.1, 0.15) is 23.6 Å². The van der Waals surface area contributed by atoms with Crippen molar-refractivity contribution in [1.29, 1.82) is 0 Å². The molecule has 0 saturated heterocycles. The Bertz CT molecular complexity index is 423. The topological polar surface area (TPSA) is 80.5 Å². The molecule has 0 bridgehead atoms. The molecule has 0 aliphatic rings. The van der Waals surface area contributed by atoms with Crippen molar-refractivity contribution in [3.05, 3.63) is 41.7 Å². The summed E-state index contributed by atoms with van der Waals surface area (Å²) in [6, 6.07) is 3.94. The van der Waals surface area contributed by atoms with Crippen molar-refractivity contribution < 1.29 is 0 Å². The van der Waals surface area contributed by atoms with Gasteiger partial charge in [0.25, 0.3) is 0 Å². The molecule has 2 aromatic rings. The van der Waals surface area contributed by atoms with Gasteiger partial charge in [0, 0.05) is 25.2 Å². The molecule has 0 radical (unpaired) electrons. The molecule has 0 aliphatic heterocycles. The maximum absolute atomic E-state index is 5.43. The molecule has 0 unspecified atom stereocenters. The molecule has 0 aromatic carbocycles. The molecular weight excluding hydrogens is 202 g/mol. The molecule has 0 amide bonds. The standard InChI is InChI=1S/C11H15N5/c12-5-1-4-10-14-11(16-15-10)7-9-3-2-6-13-8-9/h2-3,6,8H,1,4-5,7,12H2,(H,14,15,16). The SMILES string of the molecule is NCCCc1n[nH]c(Cc2cccnc2)n1. The first-order chi connectivity index (χ1) is 7.88. The molecular formula is C11H15N5. The second-order valence-electron chi connectivity index (χ2n) is 3.63. The van der Waals surface area contributed by atoms with Crippen LogP contribution in [0.3, 0.4) is 0 Å². The van der Waals surface area contributed by atoms with E-state index in [2.05, 4.69) is 20.2 Å². The summed E-state index contributed by atoms with van der Waals surface area (Å²) in [6.45, 7) is 0.673. The van der Waals surface area contributed by atoms with Crippen LogP contribution in [-0.2, 0) is 12.8 Å². The zero-order valence-corrected chi connectivity index (χ0v) is 9.06. The number of rotatable bonds is 5. The van der Waals surface area contributed by atoms with Crippen LogP contribution < -0.4 is 5.73 Å². The second kappa shape index (κ2) is 5.37. The van der Waals surface area contributed by atoms with E-state index in [1.165, 1.54) is 0 Å². The predicted molar refractivity (Wildman–Crippen MR) is 60.8 cm³/mol. The van der Waals surface area contributed by atoms with Crippen LogP contribution >= 0.6 is 0 Å². The fourth-order valence-corrected chi connectivity index (χ4v) is 1.48. The van der Waals surface area contributed by atoms with Crippen molar-refractivity contribution in [2.45, 2.75) is 19.3 Å². The number of aromatic amines is 1. The second-order valence-corrected chi connectivity index (χ2v) is 3.63. The Balaban J connectivity index is 1.97. The summed E-state index contributed by atoms with van der Waals surface area (Å²) in [7, 11) is 0. The van der Waals surface area contributed by atoms with Gasteiger partial charge in [-0.2, -0.15) is 5.10 Å². The third kappa shape index (κ3) is 2.87. The summed E-state index contributed by atoms with van der Waals surface area (Å²) in [5.41, 5.74) is 6.56. The molecule has 2 rings (SSSR count). The Morgan fingerprint density at radius 1 is 1.38 bits per heavy atom. The van der Waals surface area contributed by atoms with Crippen LogP contribution in [0.5, 0.6) is 0 Å². The third-order valence-corrected chi connectivity index (χ3v) is 2.28. The van der Waals surface area contributed by atoms with Gasteiger partial charge in [0.05, 0.1) is 0 Å². The molecule has 0 spiro atoms. The number of nitrogens with one attached hydrogen (secondary N) is 1. The van der Waals surface area contributed by atoms with Gasteiger partial charge in [-0.25, -0.2) is 4.98 Å². The smallest absolute Gasteiger partial charge is 0.150 e. The Labute approximate surface area is 94.1 Å². The maximum atomic E-state index is 5.43. The van der Waals surface area contributed by atoms with Crippen molar-refractivity contribution in [3.8, 4) is 0 Å². The van der Waals surface area contributed by atoms with E-state index in [1.54, 1.807) is 6.20 Å². The summed E-state index contributed by atoms with van der Waals surface area (Å²) in [5, 5.41) is 7.07. The first-order valence-corrected chi connectivity index (χ1v) is 5.37. The minimum absolute atomic E-state index is 0.673. The molecule has 3 N–H and O–H groups in total. The Kier molecular flexibility index (Phi) is 3.61. The highest BCUT2D eigenvalue weighted by Crippen LogP contribution is 2.04. The molecule has 2 aromatic heterocycles. The van der Waals surface area contributed by atoms with Crippen molar-refractivity contribution in [2.75, 3.05) is 6.54 Å². The number of pyridine rings is 1. The van der Waals surface area contributed by atoms with Gasteiger partial charge in [-0.05, 0) is 24.6 Å². The molecule has 5 nitrogen and oxygen atoms in total.